The van der Waals surface area contributed by atoms with Crippen LogP contribution < -0.4 is 4.90 Å². The van der Waals surface area contributed by atoms with E-state index in [1.807, 2.05) is 0 Å². The number of likely N-dealkylation sites (tertiary alicyclic amines) is 1. The van der Waals surface area contributed by atoms with E-state index in [0.717, 1.165) is 6.42 Å². The summed E-state index contributed by atoms with van der Waals surface area (Å²) < 4.78 is 14.1. The molecule has 2 saturated heterocycles. The molecule has 2 fully saturated rings. The molecule has 2 heterocycles. The van der Waals surface area contributed by atoms with Gasteiger partial charge in [0, 0.05) is 31.7 Å². The summed E-state index contributed by atoms with van der Waals surface area (Å²) in [7, 11) is 0. The first-order valence-corrected chi connectivity index (χ1v) is 8.09. The van der Waals surface area contributed by atoms with E-state index in [1.54, 1.807) is 4.90 Å². The molecule has 3 rings (SSSR count). The summed E-state index contributed by atoms with van der Waals surface area (Å²) >= 11 is 0. The second-order valence-electron chi connectivity index (χ2n) is 6.22. The highest BCUT2D eigenvalue weighted by Gasteiger charge is 2.29. The van der Waals surface area contributed by atoms with Gasteiger partial charge in [-0.2, -0.15) is 0 Å². The molecule has 0 aromatic heterocycles. The highest BCUT2D eigenvalue weighted by atomic mass is 19.1. The predicted octanol–water partition coefficient (Wildman–Crippen LogP) is 1.89. The number of hydrogen-bond donors (Lipinski definition) is 1. The first-order valence-electron chi connectivity index (χ1n) is 8.09. The lowest BCUT2D eigenvalue weighted by Crippen LogP contribution is -2.40. The molecule has 0 atom stereocenters. The van der Waals surface area contributed by atoms with Crippen LogP contribution in [0.2, 0.25) is 0 Å². The van der Waals surface area contributed by atoms with Gasteiger partial charge in [-0.1, -0.05) is 0 Å². The van der Waals surface area contributed by atoms with E-state index >= 15 is 0 Å². The summed E-state index contributed by atoms with van der Waals surface area (Å²) in [6.45, 7) is 1.16. The number of piperidine rings is 1. The average Bonchev–Trinajstić information content (AvgIpc) is 3.01. The van der Waals surface area contributed by atoms with Gasteiger partial charge in [-0.05, 0) is 37.5 Å². The Morgan fingerprint density at radius 1 is 1.17 bits per heavy atom. The zero-order valence-corrected chi connectivity index (χ0v) is 13.2. The fourth-order valence-corrected chi connectivity index (χ4v) is 3.27. The van der Waals surface area contributed by atoms with Crippen LogP contribution in [0.15, 0.2) is 18.2 Å². The molecule has 2 aliphatic rings. The molecule has 0 spiro atoms. The Morgan fingerprint density at radius 3 is 2.46 bits per heavy atom. The van der Waals surface area contributed by atoms with Gasteiger partial charge in [0.05, 0.1) is 11.5 Å². The van der Waals surface area contributed by atoms with E-state index in [9.17, 15) is 18.8 Å². The lowest BCUT2D eigenvalue weighted by Gasteiger charge is -2.30. The zero-order chi connectivity index (χ0) is 17.3. The van der Waals surface area contributed by atoms with Crippen LogP contribution in [0.25, 0.3) is 0 Å². The van der Waals surface area contributed by atoms with E-state index in [1.165, 1.54) is 23.1 Å². The minimum absolute atomic E-state index is 0.0257. The largest absolute Gasteiger partial charge is 0.481 e. The van der Waals surface area contributed by atoms with Gasteiger partial charge in [-0.3, -0.25) is 14.4 Å². The van der Waals surface area contributed by atoms with Crippen LogP contribution in [0.4, 0.5) is 10.1 Å². The van der Waals surface area contributed by atoms with Crippen molar-refractivity contribution in [2.24, 2.45) is 5.92 Å². The maximum atomic E-state index is 14.1. The normalized spacial score (nSPS) is 19.0. The third-order valence-electron chi connectivity index (χ3n) is 4.70. The predicted molar refractivity (Wildman–Crippen MR) is 84.3 cm³/mol. The Balaban J connectivity index is 1.77. The van der Waals surface area contributed by atoms with E-state index in [0.29, 0.717) is 44.6 Å². The Bertz CT molecular complexity index is 683. The molecule has 128 valence electrons. The van der Waals surface area contributed by atoms with Crippen LogP contribution in [0.3, 0.4) is 0 Å². The van der Waals surface area contributed by atoms with E-state index < -0.39 is 23.6 Å². The number of carboxylic acid groups (broad SMARTS) is 1. The third-order valence-corrected chi connectivity index (χ3v) is 4.70. The quantitative estimate of drug-likeness (QED) is 0.916. The summed E-state index contributed by atoms with van der Waals surface area (Å²) in [5.41, 5.74) is 0.462. The molecule has 7 heteroatoms. The van der Waals surface area contributed by atoms with Crippen molar-refractivity contribution in [2.45, 2.75) is 25.7 Å². The van der Waals surface area contributed by atoms with Crippen LogP contribution in [-0.4, -0.2) is 47.4 Å². The molecular weight excluding hydrogens is 315 g/mol. The molecule has 2 aliphatic heterocycles. The molecule has 1 aromatic rings. The van der Waals surface area contributed by atoms with Crippen molar-refractivity contribution in [1.29, 1.82) is 0 Å². The number of anilines is 1. The second kappa shape index (κ2) is 6.59. The summed E-state index contributed by atoms with van der Waals surface area (Å²) in [6.07, 6.45) is 1.95. The molecule has 1 aromatic carbocycles. The van der Waals surface area contributed by atoms with Crippen molar-refractivity contribution >= 4 is 23.5 Å². The van der Waals surface area contributed by atoms with E-state index in [4.69, 9.17) is 5.11 Å². The number of rotatable bonds is 3. The van der Waals surface area contributed by atoms with Crippen LogP contribution in [0, 0.1) is 11.7 Å². The van der Waals surface area contributed by atoms with E-state index in [-0.39, 0.29) is 11.5 Å². The third kappa shape index (κ3) is 3.11. The Kier molecular flexibility index (Phi) is 4.51. The number of carbonyl (C=O) groups excluding carboxylic acids is 2. The molecule has 1 N–H and O–H groups in total. The number of aliphatic carboxylic acids is 1. The molecular formula is C17H19FN2O4. The first-order chi connectivity index (χ1) is 11.5. The fraction of sp³-hybridized carbons (Fsp3) is 0.471. The van der Waals surface area contributed by atoms with Gasteiger partial charge in [0.25, 0.3) is 5.91 Å². The zero-order valence-electron chi connectivity index (χ0n) is 13.2. The van der Waals surface area contributed by atoms with Crippen molar-refractivity contribution in [3.05, 3.63) is 29.6 Å². The van der Waals surface area contributed by atoms with Gasteiger partial charge >= 0.3 is 5.97 Å². The second-order valence-corrected chi connectivity index (χ2v) is 6.22. The lowest BCUT2D eigenvalue weighted by atomic mass is 9.96. The van der Waals surface area contributed by atoms with Crippen molar-refractivity contribution in [2.75, 3.05) is 24.5 Å². The molecule has 0 radical (unpaired) electrons. The standard InChI is InChI=1S/C17H19FN2O4/c18-14-4-3-12(20-7-1-2-15(20)21)10-13(14)16(22)19-8-5-11(6-9-19)17(23)24/h3-4,10-11H,1-2,5-9H2,(H,23,24). The van der Waals surface area contributed by atoms with Crippen LogP contribution in [0.1, 0.15) is 36.0 Å². The Labute approximate surface area is 138 Å². The number of amides is 2. The Morgan fingerprint density at radius 2 is 1.88 bits per heavy atom. The number of benzene rings is 1. The van der Waals surface area contributed by atoms with Crippen LogP contribution in [0.5, 0.6) is 0 Å². The number of halogens is 1. The molecule has 0 bridgehead atoms. The minimum Gasteiger partial charge on any atom is -0.481 e. The number of carboxylic acids is 1. The highest BCUT2D eigenvalue weighted by Crippen LogP contribution is 2.26. The number of carbonyl (C=O) groups is 3. The maximum absolute atomic E-state index is 14.1. The summed E-state index contributed by atoms with van der Waals surface area (Å²) in [6, 6.07) is 4.13. The highest BCUT2D eigenvalue weighted by molar-refractivity contribution is 5.99. The van der Waals surface area contributed by atoms with Gasteiger partial charge in [0.1, 0.15) is 5.82 Å². The molecule has 0 unspecified atom stereocenters. The molecule has 24 heavy (non-hydrogen) atoms. The molecule has 6 nitrogen and oxygen atoms in total. The summed E-state index contributed by atoms with van der Waals surface area (Å²) in [4.78, 5) is 38.4. The first kappa shape index (κ1) is 16.4. The molecule has 0 aliphatic carbocycles. The molecule has 2 amide bonds. The van der Waals surface area contributed by atoms with Crippen molar-refractivity contribution in [1.82, 2.24) is 4.90 Å². The van der Waals surface area contributed by atoms with Crippen LogP contribution >= 0.6 is 0 Å². The minimum atomic E-state index is -0.858. The van der Waals surface area contributed by atoms with Gasteiger partial charge in [-0.15, -0.1) is 0 Å². The summed E-state index contributed by atoms with van der Waals surface area (Å²) in [5, 5.41) is 9.01. The van der Waals surface area contributed by atoms with Crippen molar-refractivity contribution < 1.29 is 23.9 Å². The van der Waals surface area contributed by atoms with Gasteiger partial charge in [0.2, 0.25) is 5.91 Å². The molecule has 0 saturated carbocycles. The van der Waals surface area contributed by atoms with Gasteiger partial charge < -0.3 is 14.9 Å². The maximum Gasteiger partial charge on any atom is 0.306 e. The smallest absolute Gasteiger partial charge is 0.306 e. The average molecular weight is 334 g/mol. The van der Waals surface area contributed by atoms with Gasteiger partial charge in [-0.25, -0.2) is 4.39 Å². The monoisotopic (exact) mass is 334 g/mol. The topological polar surface area (TPSA) is 77.9 Å². The van der Waals surface area contributed by atoms with Crippen molar-refractivity contribution in [3.63, 3.8) is 0 Å². The van der Waals surface area contributed by atoms with Gasteiger partial charge in [0.15, 0.2) is 0 Å². The fourth-order valence-electron chi connectivity index (χ4n) is 3.27. The SMILES string of the molecule is O=C(O)C1CCN(C(=O)c2cc(N3CCCC3=O)ccc2F)CC1. The Hall–Kier alpha value is -2.44. The summed E-state index contributed by atoms with van der Waals surface area (Å²) in [5.74, 6) is -2.42. The number of nitrogens with zero attached hydrogens (tertiary/aromatic N) is 2. The lowest BCUT2D eigenvalue weighted by molar-refractivity contribution is -0.143. The number of hydrogen-bond acceptors (Lipinski definition) is 3. The van der Waals surface area contributed by atoms with E-state index in [2.05, 4.69) is 0 Å². The van der Waals surface area contributed by atoms with Crippen molar-refractivity contribution in [3.8, 4) is 0 Å². The van der Waals surface area contributed by atoms with Crippen LogP contribution in [-0.2, 0) is 9.59 Å².